The lowest BCUT2D eigenvalue weighted by molar-refractivity contribution is -0.154. The summed E-state index contributed by atoms with van der Waals surface area (Å²) in [6.45, 7) is 3.39. The van der Waals surface area contributed by atoms with Crippen LogP contribution in [0.1, 0.15) is 19.3 Å². The van der Waals surface area contributed by atoms with E-state index in [-0.39, 0.29) is 19.3 Å². The highest BCUT2D eigenvalue weighted by Gasteiger charge is 2.37. The number of nitrogens with zero attached hydrogens (tertiary/aromatic N) is 1. The van der Waals surface area contributed by atoms with E-state index in [0.29, 0.717) is 0 Å². The van der Waals surface area contributed by atoms with Crippen molar-refractivity contribution < 1.29 is 19.5 Å². The van der Waals surface area contributed by atoms with Gasteiger partial charge in [0.25, 0.3) is 0 Å². The summed E-state index contributed by atoms with van der Waals surface area (Å²) in [6, 6.07) is -1.09. The molecule has 1 heterocycles. The maximum atomic E-state index is 11.2. The Labute approximate surface area is 81.0 Å². The molecule has 5 nitrogen and oxygen atoms in total. The van der Waals surface area contributed by atoms with Crippen molar-refractivity contribution in [1.29, 1.82) is 0 Å². The highest BCUT2D eigenvalue weighted by Crippen LogP contribution is 2.17. The first-order valence-corrected chi connectivity index (χ1v) is 4.26. The fourth-order valence-corrected chi connectivity index (χ4v) is 1.42. The van der Waals surface area contributed by atoms with Crippen LogP contribution >= 0.6 is 0 Å². The van der Waals surface area contributed by atoms with Gasteiger partial charge in [0.2, 0.25) is 11.8 Å². The van der Waals surface area contributed by atoms with Crippen LogP contribution in [0.15, 0.2) is 12.7 Å². The van der Waals surface area contributed by atoms with E-state index in [1.807, 2.05) is 0 Å². The van der Waals surface area contributed by atoms with Crippen LogP contribution in [0, 0.1) is 0 Å². The van der Waals surface area contributed by atoms with Gasteiger partial charge in [0, 0.05) is 12.8 Å². The average molecular weight is 197 g/mol. The normalized spacial score (nSPS) is 18.4. The van der Waals surface area contributed by atoms with Gasteiger partial charge in [-0.2, -0.15) is 0 Å². The van der Waals surface area contributed by atoms with Gasteiger partial charge in [-0.05, 0) is 6.42 Å². The highest BCUT2D eigenvalue weighted by molar-refractivity contribution is 6.04. The minimum atomic E-state index is -1.17. The van der Waals surface area contributed by atoms with Crippen LogP contribution in [0.3, 0.4) is 0 Å². The maximum absolute atomic E-state index is 11.2. The molecule has 0 bridgehead atoms. The Morgan fingerprint density at radius 2 is 2.00 bits per heavy atom. The Kier molecular flexibility index (Phi) is 3.01. The fraction of sp³-hybridized carbons (Fsp3) is 0.444. The number of carbonyl (C=O) groups is 3. The topological polar surface area (TPSA) is 74.7 Å². The first kappa shape index (κ1) is 10.4. The summed E-state index contributed by atoms with van der Waals surface area (Å²) in [4.78, 5) is 34.0. The maximum Gasteiger partial charge on any atom is 0.327 e. The third kappa shape index (κ3) is 1.81. The average Bonchev–Trinajstić information content (AvgIpc) is 2.43. The van der Waals surface area contributed by atoms with Crippen molar-refractivity contribution in [2.45, 2.75) is 25.3 Å². The molecule has 1 saturated heterocycles. The van der Waals surface area contributed by atoms with Crippen LogP contribution in [0.25, 0.3) is 0 Å². The second-order valence-electron chi connectivity index (χ2n) is 3.04. The van der Waals surface area contributed by atoms with Gasteiger partial charge in [-0.15, -0.1) is 6.58 Å². The molecule has 1 rings (SSSR count). The minimum Gasteiger partial charge on any atom is -0.480 e. The molecule has 0 aromatic heterocycles. The summed E-state index contributed by atoms with van der Waals surface area (Å²) < 4.78 is 0. The molecule has 76 valence electrons. The van der Waals surface area contributed by atoms with Gasteiger partial charge in [0.1, 0.15) is 6.04 Å². The standard InChI is InChI=1S/C9H11NO4/c1-2-3-6(9(13)14)10-7(11)4-5-8(10)12/h2,6H,1,3-5H2,(H,13,14). The van der Waals surface area contributed by atoms with Gasteiger partial charge in [-0.25, -0.2) is 4.79 Å². The van der Waals surface area contributed by atoms with E-state index < -0.39 is 23.8 Å². The number of rotatable bonds is 4. The molecule has 0 aromatic carbocycles. The summed E-state index contributed by atoms with van der Waals surface area (Å²) in [5, 5.41) is 8.81. The van der Waals surface area contributed by atoms with Crippen molar-refractivity contribution in [2.75, 3.05) is 0 Å². The Hall–Kier alpha value is -1.65. The summed E-state index contributed by atoms with van der Waals surface area (Å²) in [5.41, 5.74) is 0. The van der Waals surface area contributed by atoms with Crippen molar-refractivity contribution in [3.8, 4) is 0 Å². The molecule has 0 spiro atoms. The monoisotopic (exact) mass is 197 g/mol. The first-order chi connectivity index (χ1) is 6.57. The van der Waals surface area contributed by atoms with E-state index in [0.717, 1.165) is 4.90 Å². The molecular formula is C9H11NO4. The number of hydrogen-bond donors (Lipinski definition) is 1. The summed E-state index contributed by atoms with van der Waals surface area (Å²) in [6.07, 6.45) is 1.70. The molecule has 0 saturated carbocycles. The lowest BCUT2D eigenvalue weighted by Gasteiger charge is -2.20. The number of carboxylic acid groups (broad SMARTS) is 1. The van der Waals surface area contributed by atoms with Crippen LogP contribution in [0.2, 0.25) is 0 Å². The molecule has 0 aliphatic carbocycles. The molecule has 2 amide bonds. The third-order valence-corrected chi connectivity index (χ3v) is 2.08. The SMILES string of the molecule is C=CCC(C(=O)O)N1C(=O)CCC1=O. The zero-order chi connectivity index (χ0) is 10.7. The predicted molar refractivity (Wildman–Crippen MR) is 47.3 cm³/mol. The van der Waals surface area contributed by atoms with E-state index in [9.17, 15) is 14.4 Å². The third-order valence-electron chi connectivity index (χ3n) is 2.08. The molecule has 0 radical (unpaired) electrons. The van der Waals surface area contributed by atoms with E-state index in [1.165, 1.54) is 6.08 Å². The molecular weight excluding hydrogens is 186 g/mol. The molecule has 1 N–H and O–H groups in total. The minimum absolute atomic E-state index is 0.0901. The van der Waals surface area contributed by atoms with Gasteiger partial charge in [-0.1, -0.05) is 6.08 Å². The number of imide groups is 1. The van der Waals surface area contributed by atoms with Gasteiger partial charge in [0.15, 0.2) is 0 Å². The molecule has 14 heavy (non-hydrogen) atoms. The molecule has 5 heteroatoms. The fourth-order valence-electron chi connectivity index (χ4n) is 1.42. The van der Waals surface area contributed by atoms with E-state index in [1.54, 1.807) is 0 Å². The van der Waals surface area contributed by atoms with Crippen LogP contribution in [0.4, 0.5) is 0 Å². The zero-order valence-electron chi connectivity index (χ0n) is 7.60. The smallest absolute Gasteiger partial charge is 0.327 e. The Morgan fingerprint density at radius 1 is 1.50 bits per heavy atom. The van der Waals surface area contributed by atoms with Gasteiger partial charge >= 0.3 is 5.97 Å². The number of hydrogen-bond acceptors (Lipinski definition) is 3. The molecule has 1 fully saturated rings. The lowest BCUT2D eigenvalue weighted by Crippen LogP contribution is -2.44. The molecule has 1 aliphatic heterocycles. The summed E-state index contributed by atoms with van der Waals surface area (Å²) >= 11 is 0. The van der Waals surface area contributed by atoms with Crippen molar-refractivity contribution >= 4 is 17.8 Å². The van der Waals surface area contributed by atoms with Crippen molar-refractivity contribution in [3.05, 3.63) is 12.7 Å². The van der Waals surface area contributed by atoms with Gasteiger partial charge in [-0.3, -0.25) is 14.5 Å². The predicted octanol–water partition coefficient (Wildman–Crippen LogP) is 0.165. The number of carboxylic acids is 1. The number of likely N-dealkylation sites (tertiary alicyclic amines) is 1. The molecule has 1 aliphatic rings. The molecule has 1 atom stereocenters. The Morgan fingerprint density at radius 3 is 2.36 bits per heavy atom. The van der Waals surface area contributed by atoms with Crippen LogP contribution in [0.5, 0.6) is 0 Å². The van der Waals surface area contributed by atoms with E-state index in [2.05, 4.69) is 6.58 Å². The Balaban J connectivity index is 2.86. The lowest BCUT2D eigenvalue weighted by atomic mass is 10.2. The van der Waals surface area contributed by atoms with Gasteiger partial charge < -0.3 is 5.11 Å². The summed E-state index contributed by atoms with van der Waals surface area (Å²) in [7, 11) is 0. The largest absolute Gasteiger partial charge is 0.480 e. The Bertz CT molecular complexity index is 281. The quantitative estimate of drug-likeness (QED) is 0.514. The van der Waals surface area contributed by atoms with Gasteiger partial charge in [0.05, 0.1) is 0 Å². The molecule has 1 unspecified atom stereocenters. The molecule has 0 aromatic rings. The number of amides is 2. The van der Waals surface area contributed by atoms with Crippen LogP contribution in [-0.2, 0) is 14.4 Å². The van der Waals surface area contributed by atoms with Crippen LogP contribution in [-0.4, -0.2) is 33.8 Å². The highest BCUT2D eigenvalue weighted by atomic mass is 16.4. The van der Waals surface area contributed by atoms with Crippen molar-refractivity contribution in [3.63, 3.8) is 0 Å². The summed E-state index contributed by atoms with van der Waals surface area (Å²) in [5.74, 6) is -2.00. The van der Waals surface area contributed by atoms with E-state index in [4.69, 9.17) is 5.11 Å². The van der Waals surface area contributed by atoms with Crippen molar-refractivity contribution in [1.82, 2.24) is 4.90 Å². The number of carbonyl (C=O) groups excluding carboxylic acids is 2. The second kappa shape index (κ2) is 4.04. The number of aliphatic carboxylic acids is 1. The second-order valence-corrected chi connectivity index (χ2v) is 3.04. The van der Waals surface area contributed by atoms with Crippen LogP contribution < -0.4 is 0 Å². The zero-order valence-corrected chi connectivity index (χ0v) is 7.60. The van der Waals surface area contributed by atoms with E-state index >= 15 is 0 Å². The van der Waals surface area contributed by atoms with Crippen molar-refractivity contribution in [2.24, 2.45) is 0 Å². The first-order valence-electron chi connectivity index (χ1n) is 4.26.